The van der Waals surface area contributed by atoms with E-state index in [1.54, 1.807) is 34.1 Å². The van der Waals surface area contributed by atoms with Gasteiger partial charge in [0.2, 0.25) is 11.8 Å². The highest BCUT2D eigenvalue weighted by Crippen LogP contribution is 2.38. The lowest BCUT2D eigenvalue weighted by atomic mass is 10.0. The SMILES string of the molecule is Cc1ccc(CN2CC(C(=O)N3CC(C(=O)O)c4ccccc43)CC2=O)cc1. The molecule has 1 fully saturated rings. The summed E-state index contributed by atoms with van der Waals surface area (Å²) in [5, 5.41) is 9.49. The van der Waals surface area contributed by atoms with Crippen LogP contribution >= 0.6 is 0 Å². The summed E-state index contributed by atoms with van der Waals surface area (Å²) in [5.41, 5.74) is 3.49. The number of rotatable bonds is 4. The van der Waals surface area contributed by atoms with Gasteiger partial charge in [-0.1, -0.05) is 48.0 Å². The van der Waals surface area contributed by atoms with Crippen LogP contribution in [0.15, 0.2) is 48.5 Å². The van der Waals surface area contributed by atoms with Crippen molar-refractivity contribution >= 4 is 23.5 Å². The lowest BCUT2D eigenvalue weighted by Crippen LogP contribution is -2.37. The van der Waals surface area contributed by atoms with Crippen LogP contribution in [0.3, 0.4) is 0 Å². The van der Waals surface area contributed by atoms with E-state index in [-0.39, 0.29) is 24.8 Å². The molecule has 1 saturated heterocycles. The number of carboxylic acid groups (broad SMARTS) is 1. The Morgan fingerprint density at radius 2 is 1.79 bits per heavy atom. The van der Waals surface area contributed by atoms with Gasteiger partial charge in [-0.15, -0.1) is 0 Å². The van der Waals surface area contributed by atoms with Crippen LogP contribution in [0.2, 0.25) is 0 Å². The first kappa shape index (κ1) is 18.2. The number of anilines is 1. The minimum atomic E-state index is -0.939. The number of aryl methyl sites for hydroxylation is 1. The molecule has 2 heterocycles. The molecule has 6 nitrogen and oxygen atoms in total. The van der Waals surface area contributed by atoms with Crippen molar-refractivity contribution in [1.29, 1.82) is 0 Å². The summed E-state index contributed by atoms with van der Waals surface area (Å²) in [7, 11) is 0. The minimum absolute atomic E-state index is 0.0406. The molecule has 0 bridgehead atoms. The normalized spacial score (nSPS) is 21.1. The largest absolute Gasteiger partial charge is 0.481 e. The number of carboxylic acids is 1. The second-order valence-electron chi connectivity index (χ2n) is 7.56. The van der Waals surface area contributed by atoms with Crippen LogP contribution in [0.25, 0.3) is 0 Å². The van der Waals surface area contributed by atoms with Crippen molar-refractivity contribution < 1.29 is 19.5 Å². The van der Waals surface area contributed by atoms with Crippen LogP contribution in [-0.2, 0) is 20.9 Å². The van der Waals surface area contributed by atoms with Crippen molar-refractivity contribution in [1.82, 2.24) is 4.90 Å². The summed E-state index contributed by atoms with van der Waals surface area (Å²) in [6.45, 7) is 2.98. The lowest BCUT2D eigenvalue weighted by molar-refractivity contribution is -0.138. The van der Waals surface area contributed by atoms with Gasteiger partial charge >= 0.3 is 5.97 Å². The predicted molar refractivity (Wildman–Crippen MR) is 104 cm³/mol. The summed E-state index contributed by atoms with van der Waals surface area (Å²) in [6.07, 6.45) is 0.168. The van der Waals surface area contributed by atoms with Crippen molar-refractivity contribution in [3.8, 4) is 0 Å². The van der Waals surface area contributed by atoms with Crippen molar-refractivity contribution in [3.63, 3.8) is 0 Å². The molecule has 4 rings (SSSR count). The number of amides is 2. The number of likely N-dealkylation sites (tertiary alicyclic amines) is 1. The van der Waals surface area contributed by atoms with E-state index in [2.05, 4.69) is 0 Å². The number of carbonyl (C=O) groups excluding carboxylic acids is 2. The van der Waals surface area contributed by atoms with Crippen LogP contribution in [-0.4, -0.2) is 40.9 Å². The van der Waals surface area contributed by atoms with Gasteiger partial charge in [0.05, 0.1) is 5.92 Å². The van der Waals surface area contributed by atoms with Gasteiger partial charge in [0.15, 0.2) is 0 Å². The second-order valence-corrected chi connectivity index (χ2v) is 7.56. The highest BCUT2D eigenvalue weighted by Gasteiger charge is 2.42. The molecule has 2 aromatic carbocycles. The fourth-order valence-electron chi connectivity index (χ4n) is 4.05. The molecule has 6 heteroatoms. The van der Waals surface area contributed by atoms with Crippen LogP contribution in [0, 0.1) is 12.8 Å². The number of carbonyl (C=O) groups is 3. The summed E-state index contributed by atoms with van der Waals surface area (Å²) < 4.78 is 0. The van der Waals surface area contributed by atoms with Gasteiger partial charge in [0.25, 0.3) is 0 Å². The van der Waals surface area contributed by atoms with Crippen LogP contribution in [0.1, 0.15) is 29.0 Å². The van der Waals surface area contributed by atoms with Crippen molar-refractivity contribution in [3.05, 3.63) is 65.2 Å². The number of fused-ring (bicyclic) bond motifs is 1. The second kappa shape index (κ2) is 7.11. The van der Waals surface area contributed by atoms with Crippen LogP contribution in [0.4, 0.5) is 5.69 Å². The van der Waals surface area contributed by atoms with Gasteiger partial charge in [-0.3, -0.25) is 14.4 Å². The molecule has 2 amide bonds. The molecule has 2 aliphatic heterocycles. The van der Waals surface area contributed by atoms with E-state index in [0.717, 1.165) is 11.1 Å². The zero-order chi connectivity index (χ0) is 19.8. The summed E-state index contributed by atoms with van der Waals surface area (Å²) in [5.74, 6) is -2.32. The standard InChI is InChI=1S/C22H22N2O4/c1-14-6-8-15(9-7-14)11-23-12-16(10-20(23)25)21(26)24-13-18(22(27)28)17-4-2-3-5-19(17)24/h2-9,16,18H,10-13H2,1H3,(H,27,28). The highest BCUT2D eigenvalue weighted by molar-refractivity contribution is 6.02. The quantitative estimate of drug-likeness (QED) is 0.887. The zero-order valence-corrected chi connectivity index (χ0v) is 15.7. The molecule has 0 aromatic heterocycles. The average molecular weight is 378 g/mol. The van der Waals surface area contributed by atoms with E-state index in [9.17, 15) is 19.5 Å². The Labute approximate surface area is 163 Å². The first-order chi connectivity index (χ1) is 13.4. The molecule has 0 aliphatic carbocycles. The molecule has 28 heavy (non-hydrogen) atoms. The van der Waals surface area contributed by atoms with Gasteiger partial charge in [-0.2, -0.15) is 0 Å². The zero-order valence-electron chi connectivity index (χ0n) is 15.7. The Morgan fingerprint density at radius 3 is 2.50 bits per heavy atom. The molecule has 2 atom stereocenters. The van der Waals surface area contributed by atoms with E-state index in [4.69, 9.17) is 0 Å². The lowest BCUT2D eigenvalue weighted by Gasteiger charge is -2.22. The molecule has 2 aliphatic rings. The third-order valence-corrected chi connectivity index (χ3v) is 5.59. The smallest absolute Gasteiger partial charge is 0.312 e. The summed E-state index contributed by atoms with van der Waals surface area (Å²) in [6, 6.07) is 15.1. The van der Waals surface area contributed by atoms with Gasteiger partial charge in [-0.05, 0) is 24.1 Å². The third kappa shape index (κ3) is 3.26. The number of nitrogens with zero attached hydrogens (tertiary/aromatic N) is 2. The molecule has 0 spiro atoms. The molecule has 1 N–H and O–H groups in total. The summed E-state index contributed by atoms with van der Waals surface area (Å²) in [4.78, 5) is 40.4. The van der Waals surface area contributed by atoms with E-state index in [1.165, 1.54) is 0 Å². The summed E-state index contributed by atoms with van der Waals surface area (Å²) >= 11 is 0. The maximum Gasteiger partial charge on any atom is 0.312 e. The number of hydrogen-bond donors (Lipinski definition) is 1. The van der Waals surface area contributed by atoms with Crippen molar-refractivity contribution in [2.24, 2.45) is 5.92 Å². The maximum absolute atomic E-state index is 13.1. The van der Waals surface area contributed by atoms with Gasteiger partial charge in [0.1, 0.15) is 5.92 Å². The molecular weight excluding hydrogens is 356 g/mol. The molecule has 0 radical (unpaired) electrons. The fourth-order valence-corrected chi connectivity index (χ4v) is 4.05. The van der Waals surface area contributed by atoms with Gasteiger partial charge in [-0.25, -0.2) is 0 Å². The van der Waals surface area contributed by atoms with Crippen LogP contribution < -0.4 is 4.90 Å². The van der Waals surface area contributed by atoms with Crippen molar-refractivity contribution in [2.45, 2.75) is 25.8 Å². The highest BCUT2D eigenvalue weighted by atomic mass is 16.4. The molecule has 2 aromatic rings. The van der Waals surface area contributed by atoms with E-state index in [0.29, 0.717) is 24.3 Å². The minimum Gasteiger partial charge on any atom is -0.481 e. The maximum atomic E-state index is 13.1. The topological polar surface area (TPSA) is 77.9 Å². The third-order valence-electron chi connectivity index (χ3n) is 5.59. The van der Waals surface area contributed by atoms with Gasteiger partial charge < -0.3 is 14.9 Å². The molecule has 0 saturated carbocycles. The van der Waals surface area contributed by atoms with E-state index < -0.39 is 17.8 Å². The number of hydrogen-bond acceptors (Lipinski definition) is 3. The number of para-hydroxylation sites is 1. The Balaban J connectivity index is 1.49. The van der Waals surface area contributed by atoms with Crippen LogP contribution in [0.5, 0.6) is 0 Å². The number of benzene rings is 2. The fraction of sp³-hybridized carbons (Fsp3) is 0.318. The first-order valence-corrected chi connectivity index (χ1v) is 9.40. The number of aliphatic carboxylic acids is 1. The Morgan fingerprint density at radius 1 is 1.07 bits per heavy atom. The molecular formula is C22H22N2O4. The first-order valence-electron chi connectivity index (χ1n) is 9.40. The average Bonchev–Trinajstić information content (AvgIpc) is 3.24. The van der Waals surface area contributed by atoms with Crippen molar-refractivity contribution in [2.75, 3.05) is 18.0 Å². The predicted octanol–water partition coefficient (Wildman–Crippen LogP) is 2.56. The monoisotopic (exact) mass is 378 g/mol. The molecule has 2 unspecified atom stereocenters. The van der Waals surface area contributed by atoms with E-state index >= 15 is 0 Å². The molecule has 144 valence electrons. The van der Waals surface area contributed by atoms with E-state index in [1.807, 2.05) is 31.2 Å². The van der Waals surface area contributed by atoms with Gasteiger partial charge in [0, 0.05) is 31.7 Å². The Kier molecular flexibility index (Phi) is 4.63. The Bertz CT molecular complexity index is 938. The Hall–Kier alpha value is -3.15.